The summed E-state index contributed by atoms with van der Waals surface area (Å²) in [4.78, 5) is 25.7. The van der Waals surface area contributed by atoms with Crippen LogP contribution in [0.2, 0.25) is 0 Å². The molecule has 1 aliphatic heterocycles. The zero-order valence-corrected chi connectivity index (χ0v) is 14.3. The predicted octanol–water partition coefficient (Wildman–Crippen LogP) is 0.975. The molecule has 0 radical (unpaired) electrons. The number of nitrogens with zero attached hydrogens (tertiary/aromatic N) is 1. The van der Waals surface area contributed by atoms with Gasteiger partial charge in [-0.1, -0.05) is 6.92 Å². The first kappa shape index (κ1) is 18.3. The quantitative estimate of drug-likeness (QED) is 0.763. The molecule has 1 atom stereocenters. The number of benzene rings is 1. The fourth-order valence-electron chi connectivity index (χ4n) is 2.66. The van der Waals surface area contributed by atoms with E-state index in [1.165, 1.54) is 29.2 Å². The van der Waals surface area contributed by atoms with E-state index in [9.17, 15) is 23.1 Å². The molecule has 1 amide bonds. The molecule has 1 aromatic rings. The Balaban J connectivity index is 1.95. The van der Waals surface area contributed by atoms with Crippen LogP contribution in [-0.4, -0.2) is 61.0 Å². The number of hydrogen-bond acceptors (Lipinski definition) is 6. The summed E-state index contributed by atoms with van der Waals surface area (Å²) in [5.74, 6) is -0.993. The van der Waals surface area contributed by atoms with Crippen LogP contribution in [0.4, 0.5) is 0 Å². The summed E-state index contributed by atoms with van der Waals surface area (Å²) in [6, 6.07) is 5.15. The first-order valence-electron chi connectivity index (χ1n) is 7.78. The minimum atomic E-state index is -3.10. The Morgan fingerprint density at radius 3 is 2.50 bits per heavy atom. The molecule has 1 fully saturated rings. The second kappa shape index (κ2) is 7.65. The van der Waals surface area contributed by atoms with E-state index in [4.69, 9.17) is 4.74 Å². The molecule has 8 heteroatoms. The summed E-state index contributed by atoms with van der Waals surface area (Å²) in [6.45, 7) is 1.89. The van der Waals surface area contributed by atoms with Crippen LogP contribution in [0.3, 0.4) is 0 Å². The molecule has 0 aromatic heterocycles. The number of phenols is 1. The Bertz CT molecular complexity index is 698. The maximum Gasteiger partial charge on any atom is 0.338 e. The zero-order valence-electron chi connectivity index (χ0n) is 13.5. The average Bonchev–Trinajstić information content (AvgIpc) is 2.90. The SMILES string of the molecule is CCCN(C(=O)COC(=O)c1ccc(O)cc1)[C@H]1CCS(=O)(=O)C1. The molecule has 2 rings (SSSR count). The minimum absolute atomic E-state index is 0.0270. The van der Waals surface area contributed by atoms with Crippen molar-refractivity contribution in [1.29, 1.82) is 0 Å². The van der Waals surface area contributed by atoms with Gasteiger partial charge in [-0.3, -0.25) is 4.79 Å². The van der Waals surface area contributed by atoms with Crippen molar-refractivity contribution in [3.63, 3.8) is 0 Å². The van der Waals surface area contributed by atoms with Crippen LogP contribution < -0.4 is 0 Å². The first-order chi connectivity index (χ1) is 11.3. The molecular weight excluding hydrogens is 334 g/mol. The molecular formula is C16H21NO6S. The lowest BCUT2D eigenvalue weighted by Crippen LogP contribution is -2.43. The molecule has 0 bridgehead atoms. The highest BCUT2D eigenvalue weighted by atomic mass is 32.2. The van der Waals surface area contributed by atoms with Gasteiger partial charge in [0.1, 0.15) is 5.75 Å². The van der Waals surface area contributed by atoms with E-state index in [2.05, 4.69) is 0 Å². The topological polar surface area (TPSA) is 101 Å². The Hall–Kier alpha value is -2.09. The number of carbonyl (C=O) groups is 2. The van der Waals surface area contributed by atoms with Crippen LogP contribution in [0.1, 0.15) is 30.1 Å². The number of amides is 1. The van der Waals surface area contributed by atoms with E-state index in [0.29, 0.717) is 19.4 Å². The average molecular weight is 355 g/mol. The van der Waals surface area contributed by atoms with Crippen molar-refractivity contribution >= 4 is 21.7 Å². The Morgan fingerprint density at radius 2 is 1.96 bits per heavy atom. The standard InChI is InChI=1S/C16H21NO6S/c1-2-8-17(13-7-9-24(21,22)11-13)15(19)10-23-16(20)12-3-5-14(18)6-4-12/h3-6,13,18H,2,7-11H2,1H3/t13-/m0/s1. The van der Waals surface area contributed by atoms with Crippen molar-refractivity contribution < 1.29 is 27.9 Å². The third-order valence-electron chi connectivity index (χ3n) is 3.86. The van der Waals surface area contributed by atoms with E-state index in [1.54, 1.807) is 0 Å². The van der Waals surface area contributed by atoms with Crippen LogP contribution in [0.5, 0.6) is 5.75 Å². The molecule has 0 saturated carbocycles. The molecule has 132 valence electrons. The van der Waals surface area contributed by atoms with E-state index in [1.807, 2.05) is 6.92 Å². The summed E-state index contributed by atoms with van der Waals surface area (Å²) >= 11 is 0. The zero-order chi connectivity index (χ0) is 17.7. The number of esters is 1. The Kier molecular flexibility index (Phi) is 5.82. The maximum atomic E-state index is 12.3. The summed E-state index contributed by atoms with van der Waals surface area (Å²) in [7, 11) is -3.10. The van der Waals surface area contributed by atoms with E-state index in [0.717, 1.165) is 0 Å². The molecule has 1 aromatic carbocycles. The maximum absolute atomic E-state index is 12.3. The largest absolute Gasteiger partial charge is 0.508 e. The Labute approximate surface area is 141 Å². The number of aromatic hydroxyl groups is 1. The first-order valence-corrected chi connectivity index (χ1v) is 9.60. The van der Waals surface area contributed by atoms with Crippen LogP contribution in [-0.2, 0) is 19.4 Å². The van der Waals surface area contributed by atoms with Crippen LogP contribution >= 0.6 is 0 Å². The van der Waals surface area contributed by atoms with Gasteiger partial charge in [-0.15, -0.1) is 0 Å². The number of rotatable bonds is 6. The Morgan fingerprint density at radius 1 is 1.29 bits per heavy atom. The number of phenolic OH excluding ortho intramolecular Hbond substituents is 1. The van der Waals surface area contributed by atoms with Crippen molar-refractivity contribution in [1.82, 2.24) is 4.90 Å². The van der Waals surface area contributed by atoms with Gasteiger partial charge in [0.15, 0.2) is 16.4 Å². The van der Waals surface area contributed by atoms with Gasteiger partial charge in [-0.25, -0.2) is 13.2 Å². The molecule has 1 saturated heterocycles. The van der Waals surface area contributed by atoms with Gasteiger partial charge >= 0.3 is 5.97 Å². The number of hydrogen-bond donors (Lipinski definition) is 1. The molecule has 0 spiro atoms. The number of sulfone groups is 1. The summed E-state index contributed by atoms with van der Waals surface area (Å²) in [5, 5.41) is 9.19. The molecule has 1 aliphatic rings. The molecule has 0 aliphatic carbocycles. The van der Waals surface area contributed by atoms with Gasteiger partial charge in [-0.2, -0.15) is 0 Å². The molecule has 1 heterocycles. The second-order valence-electron chi connectivity index (χ2n) is 5.77. The van der Waals surface area contributed by atoms with Crippen molar-refractivity contribution in [2.45, 2.75) is 25.8 Å². The van der Waals surface area contributed by atoms with Crippen molar-refractivity contribution in [3.05, 3.63) is 29.8 Å². The van der Waals surface area contributed by atoms with E-state index >= 15 is 0 Å². The van der Waals surface area contributed by atoms with Gasteiger partial charge in [0.2, 0.25) is 0 Å². The molecule has 7 nitrogen and oxygen atoms in total. The highest BCUT2D eigenvalue weighted by Gasteiger charge is 2.34. The lowest BCUT2D eigenvalue weighted by atomic mass is 10.2. The lowest BCUT2D eigenvalue weighted by Gasteiger charge is -2.27. The van der Waals surface area contributed by atoms with Gasteiger partial charge < -0.3 is 14.7 Å². The minimum Gasteiger partial charge on any atom is -0.508 e. The van der Waals surface area contributed by atoms with Crippen molar-refractivity contribution in [2.24, 2.45) is 0 Å². The number of carbonyl (C=O) groups excluding carboxylic acids is 2. The lowest BCUT2D eigenvalue weighted by molar-refractivity contribution is -0.136. The predicted molar refractivity (Wildman–Crippen MR) is 87.5 cm³/mol. The van der Waals surface area contributed by atoms with Crippen LogP contribution in [0.25, 0.3) is 0 Å². The summed E-state index contributed by atoms with van der Waals surface area (Å²) in [6.07, 6.45) is 1.11. The third kappa shape index (κ3) is 4.70. The van der Waals surface area contributed by atoms with Crippen LogP contribution in [0.15, 0.2) is 24.3 Å². The third-order valence-corrected chi connectivity index (χ3v) is 5.61. The van der Waals surface area contributed by atoms with E-state index < -0.39 is 28.3 Å². The molecule has 1 N–H and O–H groups in total. The summed E-state index contributed by atoms with van der Waals surface area (Å²) < 4.78 is 28.2. The van der Waals surface area contributed by atoms with Crippen molar-refractivity contribution in [3.8, 4) is 5.75 Å². The molecule has 24 heavy (non-hydrogen) atoms. The van der Waals surface area contributed by atoms with E-state index in [-0.39, 0.29) is 28.9 Å². The summed E-state index contributed by atoms with van der Waals surface area (Å²) in [5.41, 5.74) is 0.228. The fraction of sp³-hybridized carbons (Fsp3) is 0.500. The normalized spacial score (nSPS) is 19.0. The smallest absolute Gasteiger partial charge is 0.338 e. The second-order valence-corrected chi connectivity index (χ2v) is 8.00. The van der Waals surface area contributed by atoms with Gasteiger partial charge in [0, 0.05) is 12.6 Å². The van der Waals surface area contributed by atoms with Crippen LogP contribution in [0, 0.1) is 0 Å². The molecule has 0 unspecified atom stereocenters. The highest BCUT2D eigenvalue weighted by Crippen LogP contribution is 2.18. The van der Waals surface area contributed by atoms with Gasteiger partial charge in [0.25, 0.3) is 5.91 Å². The monoisotopic (exact) mass is 355 g/mol. The highest BCUT2D eigenvalue weighted by molar-refractivity contribution is 7.91. The van der Waals surface area contributed by atoms with Gasteiger partial charge in [-0.05, 0) is 37.1 Å². The van der Waals surface area contributed by atoms with Gasteiger partial charge in [0.05, 0.1) is 17.1 Å². The number of ether oxygens (including phenoxy) is 1. The fourth-order valence-corrected chi connectivity index (χ4v) is 4.39. The van der Waals surface area contributed by atoms with Crippen molar-refractivity contribution in [2.75, 3.05) is 24.7 Å².